The van der Waals surface area contributed by atoms with Gasteiger partial charge in [-0.1, -0.05) is 26.3 Å². The lowest BCUT2D eigenvalue weighted by Crippen LogP contribution is -2.20. The molecule has 0 aliphatic carbocycles. The largest absolute Gasteiger partial charge is 0.310 e. The lowest BCUT2D eigenvalue weighted by atomic mass is 10.0. The van der Waals surface area contributed by atoms with Crippen LogP contribution >= 0.6 is 0 Å². The highest BCUT2D eigenvalue weighted by Gasteiger charge is 2.09. The summed E-state index contributed by atoms with van der Waals surface area (Å²) in [5, 5.41) is 3.52. The smallest absolute Gasteiger partial charge is 0.0890 e. The van der Waals surface area contributed by atoms with Crippen LogP contribution in [-0.2, 0) is 0 Å². The Morgan fingerprint density at radius 1 is 1.12 bits per heavy atom. The second-order valence-corrected chi connectivity index (χ2v) is 4.20. The van der Waals surface area contributed by atoms with Crippen LogP contribution in [0.25, 0.3) is 11.0 Å². The highest BCUT2D eigenvalue weighted by atomic mass is 14.9. The van der Waals surface area contributed by atoms with Crippen molar-refractivity contribution >= 4 is 11.0 Å². The van der Waals surface area contributed by atoms with Crippen molar-refractivity contribution in [2.75, 3.05) is 6.54 Å². The van der Waals surface area contributed by atoms with Gasteiger partial charge in [0, 0.05) is 18.4 Å². The highest BCUT2D eigenvalue weighted by molar-refractivity contribution is 5.74. The fourth-order valence-corrected chi connectivity index (χ4v) is 2.12. The summed E-state index contributed by atoms with van der Waals surface area (Å²) in [4.78, 5) is 8.64. The Bertz CT molecular complexity index is 476. The normalized spacial score (nSPS) is 12.8. The van der Waals surface area contributed by atoms with Crippen molar-refractivity contribution in [1.82, 2.24) is 15.3 Å². The third-order valence-corrected chi connectivity index (χ3v) is 2.92. The first kappa shape index (κ1) is 12.0. The molecule has 0 radical (unpaired) electrons. The van der Waals surface area contributed by atoms with Crippen molar-refractivity contribution in [1.29, 1.82) is 0 Å². The maximum absolute atomic E-state index is 4.35. The SMILES string of the molecule is CCCC(NCC)c1ccc2nccnc2c1. The minimum atomic E-state index is 0.427. The van der Waals surface area contributed by atoms with E-state index in [0.29, 0.717) is 6.04 Å². The Hall–Kier alpha value is -1.48. The fraction of sp³-hybridized carbons (Fsp3) is 0.429. The number of rotatable bonds is 5. The summed E-state index contributed by atoms with van der Waals surface area (Å²) in [5.41, 5.74) is 3.24. The number of nitrogens with zero attached hydrogens (tertiary/aromatic N) is 2. The average Bonchev–Trinajstić information content (AvgIpc) is 2.38. The Morgan fingerprint density at radius 2 is 1.88 bits per heavy atom. The van der Waals surface area contributed by atoms with E-state index in [1.165, 1.54) is 12.0 Å². The lowest BCUT2D eigenvalue weighted by molar-refractivity contribution is 0.509. The van der Waals surface area contributed by atoms with Crippen molar-refractivity contribution in [3.05, 3.63) is 36.2 Å². The molecule has 90 valence electrons. The molecule has 3 heteroatoms. The zero-order valence-corrected chi connectivity index (χ0v) is 10.5. The molecule has 0 aliphatic heterocycles. The second kappa shape index (κ2) is 5.73. The van der Waals surface area contributed by atoms with E-state index in [2.05, 4.69) is 47.3 Å². The number of fused-ring (bicyclic) bond motifs is 1. The number of aromatic nitrogens is 2. The summed E-state index contributed by atoms with van der Waals surface area (Å²) >= 11 is 0. The first-order valence-corrected chi connectivity index (χ1v) is 6.29. The van der Waals surface area contributed by atoms with Gasteiger partial charge in [-0.25, -0.2) is 0 Å². The van der Waals surface area contributed by atoms with Gasteiger partial charge in [-0.05, 0) is 30.7 Å². The second-order valence-electron chi connectivity index (χ2n) is 4.20. The van der Waals surface area contributed by atoms with Gasteiger partial charge in [0.05, 0.1) is 11.0 Å². The number of hydrogen-bond acceptors (Lipinski definition) is 3. The van der Waals surface area contributed by atoms with Gasteiger partial charge in [0.25, 0.3) is 0 Å². The molecule has 0 aliphatic rings. The monoisotopic (exact) mass is 229 g/mol. The molecule has 0 amide bonds. The molecule has 2 rings (SSSR count). The Kier molecular flexibility index (Phi) is 4.04. The van der Waals surface area contributed by atoms with E-state index >= 15 is 0 Å². The predicted octanol–water partition coefficient (Wildman–Crippen LogP) is 3.08. The van der Waals surface area contributed by atoms with Gasteiger partial charge >= 0.3 is 0 Å². The molecule has 0 fully saturated rings. The van der Waals surface area contributed by atoms with Gasteiger partial charge in [0.2, 0.25) is 0 Å². The van der Waals surface area contributed by atoms with Crippen molar-refractivity contribution < 1.29 is 0 Å². The number of hydrogen-bond donors (Lipinski definition) is 1. The van der Waals surface area contributed by atoms with Gasteiger partial charge in [-0.15, -0.1) is 0 Å². The Balaban J connectivity index is 2.32. The molecule has 1 atom stereocenters. The molecule has 1 aromatic carbocycles. The average molecular weight is 229 g/mol. The predicted molar refractivity (Wildman–Crippen MR) is 70.9 cm³/mol. The van der Waals surface area contributed by atoms with Crippen LogP contribution in [-0.4, -0.2) is 16.5 Å². The van der Waals surface area contributed by atoms with E-state index in [0.717, 1.165) is 24.0 Å². The quantitative estimate of drug-likeness (QED) is 0.856. The van der Waals surface area contributed by atoms with E-state index in [-0.39, 0.29) is 0 Å². The van der Waals surface area contributed by atoms with Crippen LogP contribution in [0.4, 0.5) is 0 Å². The van der Waals surface area contributed by atoms with Gasteiger partial charge in [-0.2, -0.15) is 0 Å². The zero-order valence-electron chi connectivity index (χ0n) is 10.5. The van der Waals surface area contributed by atoms with Crippen LogP contribution in [0.1, 0.15) is 38.3 Å². The number of benzene rings is 1. The van der Waals surface area contributed by atoms with Crippen LogP contribution in [0.15, 0.2) is 30.6 Å². The van der Waals surface area contributed by atoms with Crippen molar-refractivity contribution in [2.24, 2.45) is 0 Å². The molecular weight excluding hydrogens is 210 g/mol. The Labute approximate surface area is 102 Å². The van der Waals surface area contributed by atoms with Gasteiger partial charge in [0.15, 0.2) is 0 Å². The molecule has 0 bridgehead atoms. The molecule has 17 heavy (non-hydrogen) atoms. The van der Waals surface area contributed by atoms with Crippen LogP contribution in [0, 0.1) is 0 Å². The minimum Gasteiger partial charge on any atom is -0.310 e. The van der Waals surface area contributed by atoms with Crippen LogP contribution in [0.3, 0.4) is 0 Å². The molecule has 1 aromatic heterocycles. The molecule has 1 N–H and O–H groups in total. The molecule has 0 saturated carbocycles. The van der Waals surface area contributed by atoms with E-state index in [1.54, 1.807) is 12.4 Å². The molecule has 3 nitrogen and oxygen atoms in total. The summed E-state index contributed by atoms with van der Waals surface area (Å²) in [7, 11) is 0. The standard InChI is InChI=1S/C14H19N3/c1-3-5-12(15-4-2)11-6-7-13-14(10-11)17-9-8-16-13/h6-10,12,15H,3-5H2,1-2H3. The zero-order chi connectivity index (χ0) is 12.1. The van der Waals surface area contributed by atoms with E-state index < -0.39 is 0 Å². The summed E-state index contributed by atoms with van der Waals surface area (Å²) in [6, 6.07) is 6.78. The topological polar surface area (TPSA) is 37.8 Å². The summed E-state index contributed by atoms with van der Waals surface area (Å²) in [6.07, 6.45) is 5.81. The molecule has 0 spiro atoms. The van der Waals surface area contributed by atoms with Crippen molar-refractivity contribution in [3.63, 3.8) is 0 Å². The Morgan fingerprint density at radius 3 is 2.59 bits per heavy atom. The van der Waals surface area contributed by atoms with E-state index in [9.17, 15) is 0 Å². The first-order valence-electron chi connectivity index (χ1n) is 6.29. The van der Waals surface area contributed by atoms with Crippen LogP contribution in [0.2, 0.25) is 0 Å². The summed E-state index contributed by atoms with van der Waals surface area (Å²) < 4.78 is 0. The van der Waals surface area contributed by atoms with E-state index in [1.807, 2.05) is 0 Å². The molecule has 2 aromatic rings. The van der Waals surface area contributed by atoms with Gasteiger partial charge in [0.1, 0.15) is 0 Å². The summed E-state index contributed by atoms with van der Waals surface area (Å²) in [5.74, 6) is 0. The molecule has 0 saturated heterocycles. The first-order chi connectivity index (χ1) is 8.35. The number of nitrogens with one attached hydrogen (secondary N) is 1. The highest BCUT2D eigenvalue weighted by Crippen LogP contribution is 2.21. The third kappa shape index (κ3) is 2.80. The lowest BCUT2D eigenvalue weighted by Gasteiger charge is -2.17. The van der Waals surface area contributed by atoms with E-state index in [4.69, 9.17) is 0 Å². The van der Waals surface area contributed by atoms with Gasteiger partial charge in [-0.3, -0.25) is 9.97 Å². The maximum Gasteiger partial charge on any atom is 0.0890 e. The molecule has 1 heterocycles. The fourth-order valence-electron chi connectivity index (χ4n) is 2.12. The maximum atomic E-state index is 4.35. The van der Waals surface area contributed by atoms with Crippen LogP contribution < -0.4 is 5.32 Å². The summed E-state index contributed by atoms with van der Waals surface area (Å²) in [6.45, 7) is 5.35. The van der Waals surface area contributed by atoms with Crippen molar-refractivity contribution in [3.8, 4) is 0 Å². The van der Waals surface area contributed by atoms with Crippen LogP contribution in [0.5, 0.6) is 0 Å². The van der Waals surface area contributed by atoms with Crippen molar-refractivity contribution in [2.45, 2.75) is 32.7 Å². The molecule has 1 unspecified atom stereocenters. The van der Waals surface area contributed by atoms with Gasteiger partial charge < -0.3 is 5.32 Å². The molecular formula is C14H19N3. The third-order valence-electron chi connectivity index (χ3n) is 2.92. The minimum absolute atomic E-state index is 0.427.